The fourth-order valence-electron chi connectivity index (χ4n) is 2.14. The summed E-state index contributed by atoms with van der Waals surface area (Å²) in [5.74, 6) is -0.305. The summed E-state index contributed by atoms with van der Waals surface area (Å²) >= 11 is 0. The summed E-state index contributed by atoms with van der Waals surface area (Å²) in [5, 5.41) is 5.48. The van der Waals surface area contributed by atoms with Crippen molar-refractivity contribution in [1.82, 2.24) is 20.6 Å². The first kappa shape index (κ1) is 17.8. The van der Waals surface area contributed by atoms with Crippen LogP contribution in [0.1, 0.15) is 28.2 Å². The van der Waals surface area contributed by atoms with Gasteiger partial charge in [0.2, 0.25) is 5.91 Å². The van der Waals surface area contributed by atoms with Gasteiger partial charge >= 0.3 is 0 Å². The van der Waals surface area contributed by atoms with E-state index in [1.54, 1.807) is 25.3 Å². The van der Waals surface area contributed by atoms with Gasteiger partial charge in [-0.25, -0.2) is 9.97 Å². The average Bonchev–Trinajstić information content (AvgIpc) is 2.57. The molecule has 2 amide bonds. The topological polar surface area (TPSA) is 93.2 Å². The molecule has 1 aromatic carbocycles. The van der Waals surface area contributed by atoms with Crippen LogP contribution in [0.25, 0.3) is 11.0 Å². The number of aryl methyl sites for hydroxylation is 2. The molecule has 0 aliphatic rings. The van der Waals surface area contributed by atoms with Crippen molar-refractivity contribution in [3.8, 4) is 0 Å². The molecule has 2 aromatic rings. The van der Waals surface area contributed by atoms with Crippen LogP contribution in [-0.2, 0) is 9.53 Å². The van der Waals surface area contributed by atoms with Gasteiger partial charge in [0.1, 0.15) is 0 Å². The molecular formula is C17H22N4O3. The molecule has 24 heavy (non-hydrogen) atoms. The van der Waals surface area contributed by atoms with Gasteiger partial charge in [0, 0.05) is 32.2 Å². The first-order valence-corrected chi connectivity index (χ1v) is 7.80. The molecule has 0 unspecified atom stereocenters. The van der Waals surface area contributed by atoms with E-state index in [1.165, 1.54) is 0 Å². The molecule has 7 heteroatoms. The molecule has 2 N–H and O–H groups in total. The Hall–Kier alpha value is -2.54. The minimum absolute atomic E-state index is 0.0991. The number of hydrogen-bond donors (Lipinski definition) is 2. The van der Waals surface area contributed by atoms with Crippen LogP contribution >= 0.6 is 0 Å². The predicted molar refractivity (Wildman–Crippen MR) is 90.8 cm³/mol. The second-order valence-electron chi connectivity index (χ2n) is 5.45. The smallest absolute Gasteiger partial charge is 0.251 e. The van der Waals surface area contributed by atoms with Gasteiger partial charge in [0.25, 0.3) is 5.91 Å². The number of nitrogens with zero attached hydrogens (tertiary/aromatic N) is 2. The third-order valence-electron chi connectivity index (χ3n) is 3.60. The van der Waals surface area contributed by atoms with E-state index in [9.17, 15) is 9.59 Å². The lowest BCUT2D eigenvalue weighted by atomic mass is 10.1. The number of benzene rings is 1. The second kappa shape index (κ2) is 8.35. The minimum Gasteiger partial charge on any atom is -0.384 e. The lowest BCUT2D eigenvalue weighted by molar-refractivity contribution is -0.121. The minimum atomic E-state index is -0.205. The van der Waals surface area contributed by atoms with Crippen molar-refractivity contribution >= 4 is 22.8 Å². The van der Waals surface area contributed by atoms with Crippen LogP contribution in [0.5, 0.6) is 0 Å². The number of amides is 2. The van der Waals surface area contributed by atoms with Crippen LogP contribution in [0.4, 0.5) is 0 Å². The SMILES string of the molecule is COCCC(=O)NCCNC(=O)c1ccc2nc(C)c(C)nc2c1. The number of rotatable bonds is 7. The first-order chi connectivity index (χ1) is 11.5. The monoisotopic (exact) mass is 330 g/mol. The molecule has 7 nitrogen and oxygen atoms in total. The van der Waals surface area contributed by atoms with Crippen LogP contribution in [0.3, 0.4) is 0 Å². The summed E-state index contributed by atoms with van der Waals surface area (Å²) in [6.45, 7) is 4.91. The van der Waals surface area contributed by atoms with E-state index < -0.39 is 0 Å². The molecule has 0 atom stereocenters. The predicted octanol–water partition coefficient (Wildman–Crippen LogP) is 1.13. The van der Waals surface area contributed by atoms with E-state index in [1.807, 2.05) is 13.8 Å². The van der Waals surface area contributed by atoms with Crippen molar-refractivity contribution in [3.63, 3.8) is 0 Å². The van der Waals surface area contributed by atoms with Crippen molar-refractivity contribution in [1.29, 1.82) is 0 Å². The van der Waals surface area contributed by atoms with Crippen LogP contribution < -0.4 is 10.6 Å². The van der Waals surface area contributed by atoms with Gasteiger partial charge in [-0.1, -0.05) is 0 Å². The van der Waals surface area contributed by atoms with Crippen LogP contribution in [-0.4, -0.2) is 48.6 Å². The standard InChI is InChI=1S/C17H22N4O3/c1-11-12(2)21-15-10-13(4-5-14(15)20-11)17(23)19-8-7-18-16(22)6-9-24-3/h4-5,10H,6-9H2,1-3H3,(H,18,22)(H,19,23). The molecular weight excluding hydrogens is 308 g/mol. The third kappa shape index (κ3) is 4.73. The maximum absolute atomic E-state index is 12.2. The molecule has 0 radical (unpaired) electrons. The molecule has 1 heterocycles. The zero-order valence-electron chi connectivity index (χ0n) is 14.2. The van der Waals surface area contributed by atoms with E-state index in [-0.39, 0.29) is 11.8 Å². The molecule has 0 spiro atoms. The quantitative estimate of drug-likeness (QED) is 0.742. The van der Waals surface area contributed by atoms with Crippen LogP contribution in [0, 0.1) is 13.8 Å². The van der Waals surface area contributed by atoms with Gasteiger partial charge in [-0.15, -0.1) is 0 Å². The highest BCUT2D eigenvalue weighted by Crippen LogP contribution is 2.14. The number of carbonyl (C=O) groups is 2. The Balaban J connectivity index is 1.89. The molecule has 0 bridgehead atoms. The Labute approximate surface area is 140 Å². The molecule has 0 aliphatic carbocycles. The molecule has 128 valence electrons. The number of carbonyl (C=O) groups excluding carboxylic acids is 2. The summed E-state index contributed by atoms with van der Waals surface area (Å²) in [5.41, 5.74) is 3.70. The normalized spacial score (nSPS) is 10.6. The summed E-state index contributed by atoms with van der Waals surface area (Å²) in [6.07, 6.45) is 0.312. The van der Waals surface area contributed by atoms with E-state index in [0.29, 0.717) is 37.2 Å². The van der Waals surface area contributed by atoms with Crippen LogP contribution in [0.2, 0.25) is 0 Å². The fraction of sp³-hybridized carbons (Fsp3) is 0.412. The van der Waals surface area contributed by atoms with Crippen LogP contribution in [0.15, 0.2) is 18.2 Å². The summed E-state index contributed by atoms with van der Waals surface area (Å²) in [4.78, 5) is 32.5. The molecule has 0 fully saturated rings. The lowest BCUT2D eigenvalue weighted by Crippen LogP contribution is -2.35. The van der Waals surface area contributed by atoms with E-state index in [2.05, 4.69) is 20.6 Å². The Morgan fingerprint density at radius 1 is 1.04 bits per heavy atom. The van der Waals surface area contributed by atoms with Gasteiger partial charge in [-0.3, -0.25) is 9.59 Å². The number of hydrogen-bond acceptors (Lipinski definition) is 5. The van der Waals surface area contributed by atoms with E-state index in [4.69, 9.17) is 4.74 Å². The van der Waals surface area contributed by atoms with Gasteiger partial charge < -0.3 is 15.4 Å². The second-order valence-corrected chi connectivity index (χ2v) is 5.45. The van der Waals surface area contributed by atoms with Crippen molar-refractivity contribution in [2.75, 3.05) is 26.8 Å². The number of nitrogens with one attached hydrogen (secondary N) is 2. The van der Waals surface area contributed by atoms with Crippen molar-refractivity contribution in [2.24, 2.45) is 0 Å². The van der Waals surface area contributed by atoms with Gasteiger partial charge in [0.15, 0.2) is 0 Å². The molecule has 0 saturated carbocycles. The number of fused-ring (bicyclic) bond motifs is 1. The largest absolute Gasteiger partial charge is 0.384 e. The highest BCUT2D eigenvalue weighted by Gasteiger charge is 2.08. The van der Waals surface area contributed by atoms with E-state index >= 15 is 0 Å². The number of aromatic nitrogens is 2. The van der Waals surface area contributed by atoms with Gasteiger partial charge in [-0.05, 0) is 32.0 Å². The summed E-state index contributed by atoms with van der Waals surface area (Å²) < 4.78 is 4.82. The van der Waals surface area contributed by atoms with Crippen molar-refractivity contribution in [2.45, 2.75) is 20.3 Å². The Kier molecular flexibility index (Phi) is 6.20. The highest BCUT2D eigenvalue weighted by molar-refractivity contribution is 5.97. The Morgan fingerprint density at radius 3 is 2.42 bits per heavy atom. The Morgan fingerprint density at radius 2 is 1.71 bits per heavy atom. The summed E-state index contributed by atoms with van der Waals surface area (Å²) in [7, 11) is 1.55. The van der Waals surface area contributed by atoms with Crippen molar-refractivity contribution < 1.29 is 14.3 Å². The molecule has 1 aromatic heterocycles. The lowest BCUT2D eigenvalue weighted by Gasteiger charge is -2.08. The van der Waals surface area contributed by atoms with Gasteiger partial charge in [0.05, 0.1) is 29.0 Å². The maximum Gasteiger partial charge on any atom is 0.251 e. The molecule has 2 rings (SSSR count). The maximum atomic E-state index is 12.2. The number of ether oxygens (including phenoxy) is 1. The molecule has 0 saturated heterocycles. The first-order valence-electron chi connectivity index (χ1n) is 7.80. The fourth-order valence-corrected chi connectivity index (χ4v) is 2.14. The van der Waals surface area contributed by atoms with E-state index in [0.717, 1.165) is 16.9 Å². The zero-order valence-corrected chi connectivity index (χ0v) is 14.2. The average molecular weight is 330 g/mol. The third-order valence-corrected chi connectivity index (χ3v) is 3.60. The van der Waals surface area contributed by atoms with Gasteiger partial charge in [-0.2, -0.15) is 0 Å². The number of methoxy groups -OCH3 is 1. The molecule has 0 aliphatic heterocycles. The Bertz CT molecular complexity index is 746. The summed E-state index contributed by atoms with van der Waals surface area (Å²) in [6, 6.07) is 5.23. The van der Waals surface area contributed by atoms with Crippen molar-refractivity contribution in [3.05, 3.63) is 35.2 Å². The highest BCUT2D eigenvalue weighted by atomic mass is 16.5. The zero-order chi connectivity index (χ0) is 17.5.